The van der Waals surface area contributed by atoms with E-state index in [0.717, 1.165) is 5.56 Å². The van der Waals surface area contributed by atoms with Gasteiger partial charge in [-0.1, -0.05) is 32.0 Å². The topological polar surface area (TPSA) is 40.9 Å². The zero-order valence-electron chi connectivity index (χ0n) is 9.32. The van der Waals surface area contributed by atoms with Gasteiger partial charge >= 0.3 is 0 Å². The highest BCUT2D eigenvalue weighted by atomic mass is 16.1. The number of carbonyl (C=O) groups is 1. The van der Waals surface area contributed by atoms with Crippen molar-refractivity contribution in [2.45, 2.75) is 26.7 Å². The van der Waals surface area contributed by atoms with Crippen LogP contribution in [0.5, 0.6) is 0 Å². The summed E-state index contributed by atoms with van der Waals surface area (Å²) in [6.45, 7) is 5.59. The van der Waals surface area contributed by atoms with Gasteiger partial charge in [0.2, 0.25) is 0 Å². The number of Topliss-reactive ketones (excluding diaryl/α,β-unsaturated/α-hetero) is 1. The summed E-state index contributed by atoms with van der Waals surface area (Å²) < 4.78 is 0. The van der Waals surface area contributed by atoms with E-state index in [1.54, 1.807) is 6.07 Å². The number of nitrogens with zero attached hydrogens (tertiary/aromatic N) is 1. The average molecular weight is 201 g/mol. The van der Waals surface area contributed by atoms with Gasteiger partial charge in [0.1, 0.15) is 0 Å². The van der Waals surface area contributed by atoms with Crippen LogP contribution in [0.25, 0.3) is 0 Å². The molecule has 1 aromatic carbocycles. The van der Waals surface area contributed by atoms with Gasteiger partial charge in [0.15, 0.2) is 5.78 Å². The Morgan fingerprint density at radius 1 is 1.33 bits per heavy atom. The summed E-state index contributed by atoms with van der Waals surface area (Å²) in [6, 6.07) is 9.49. The van der Waals surface area contributed by atoms with Crippen molar-refractivity contribution in [1.82, 2.24) is 0 Å². The van der Waals surface area contributed by atoms with Gasteiger partial charge in [-0.3, -0.25) is 4.79 Å². The van der Waals surface area contributed by atoms with E-state index in [1.165, 1.54) is 0 Å². The van der Waals surface area contributed by atoms with Crippen LogP contribution in [0.4, 0.5) is 0 Å². The summed E-state index contributed by atoms with van der Waals surface area (Å²) >= 11 is 0. The van der Waals surface area contributed by atoms with Crippen LogP contribution in [0.3, 0.4) is 0 Å². The first-order chi connectivity index (χ1) is 7.06. The van der Waals surface area contributed by atoms with E-state index < -0.39 is 0 Å². The van der Waals surface area contributed by atoms with Crippen molar-refractivity contribution >= 4 is 5.78 Å². The number of nitriles is 1. The fourth-order valence-corrected chi connectivity index (χ4v) is 1.37. The molecule has 0 aliphatic rings. The molecule has 0 radical (unpaired) electrons. The van der Waals surface area contributed by atoms with Gasteiger partial charge in [0.25, 0.3) is 0 Å². The minimum Gasteiger partial charge on any atom is -0.294 e. The lowest BCUT2D eigenvalue weighted by molar-refractivity contribution is 0.0939. The molecule has 0 heterocycles. The molecule has 78 valence electrons. The Bertz CT molecular complexity index is 401. The van der Waals surface area contributed by atoms with Gasteiger partial charge < -0.3 is 0 Å². The summed E-state index contributed by atoms with van der Waals surface area (Å²) in [5, 5.41) is 8.79. The predicted octanol–water partition coefficient (Wildman–Crippen LogP) is 3.15. The Balaban J connectivity index is 3.04. The fraction of sp³-hybridized carbons (Fsp3) is 0.385. The largest absolute Gasteiger partial charge is 0.294 e. The highest BCUT2D eigenvalue weighted by Gasteiger charge is 2.12. The van der Waals surface area contributed by atoms with Crippen LogP contribution in [-0.4, -0.2) is 5.78 Å². The molecule has 15 heavy (non-hydrogen) atoms. The maximum Gasteiger partial charge on any atom is 0.165 e. The number of rotatable bonds is 3. The maximum absolute atomic E-state index is 11.7. The maximum atomic E-state index is 11.7. The zero-order valence-corrected chi connectivity index (χ0v) is 9.32. The van der Waals surface area contributed by atoms with Gasteiger partial charge in [-0.05, 0) is 18.6 Å². The second kappa shape index (κ2) is 4.75. The Kier molecular flexibility index (Phi) is 3.62. The van der Waals surface area contributed by atoms with Crippen LogP contribution in [0, 0.1) is 17.2 Å². The Morgan fingerprint density at radius 3 is 2.53 bits per heavy atom. The van der Waals surface area contributed by atoms with Crippen molar-refractivity contribution in [1.29, 1.82) is 5.26 Å². The summed E-state index contributed by atoms with van der Waals surface area (Å²) in [6.07, 6.45) is 0. The first-order valence-electron chi connectivity index (χ1n) is 5.10. The highest BCUT2D eigenvalue weighted by molar-refractivity contribution is 5.97. The number of carbonyl (C=O) groups excluding carboxylic acids is 1. The van der Waals surface area contributed by atoms with Crippen LogP contribution < -0.4 is 0 Å². The number of ketones is 1. The SMILES string of the molecule is CC(C)C(=O)c1cccc(C(C)C#N)c1. The highest BCUT2D eigenvalue weighted by Crippen LogP contribution is 2.17. The monoisotopic (exact) mass is 201 g/mol. The van der Waals surface area contributed by atoms with Crippen molar-refractivity contribution < 1.29 is 4.79 Å². The summed E-state index contributed by atoms with van der Waals surface area (Å²) in [4.78, 5) is 11.7. The molecule has 0 aliphatic carbocycles. The van der Waals surface area contributed by atoms with Crippen LogP contribution in [0.2, 0.25) is 0 Å². The molecule has 0 aromatic heterocycles. The minimum atomic E-state index is -0.162. The molecule has 0 N–H and O–H groups in total. The molecule has 1 aromatic rings. The van der Waals surface area contributed by atoms with Crippen LogP contribution >= 0.6 is 0 Å². The Hall–Kier alpha value is -1.62. The number of hydrogen-bond acceptors (Lipinski definition) is 2. The lowest BCUT2D eigenvalue weighted by atomic mass is 9.95. The smallest absolute Gasteiger partial charge is 0.165 e. The van der Waals surface area contributed by atoms with E-state index in [2.05, 4.69) is 6.07 Å². The van der Waals surface area contributed by atoms with Crippen molar-refractivity contribution in [3.8, 4) is 6.07 Å². The molecule has 1 rings (SSSR count). The second-order valence-electron chi connectivity index (χ2n) is 4.00. The number of hydrogen-bond donors (Lipinski definition) is 0. The normalized spacial score (nSPS) is 12.2. The lowest BCUT2D eigenvalue weighted by Crippen LogP contribution is -2.07. The first-order valence-corrected chi connectivity index (χ1v) is 5.10. The van der Waals surface area contributed by atoms with Gasteiger partial charge in [-0.15, -0.1) is 0 Å². The van der Waals surface area contributed by atoms with Gasteiger partial charge in [0.05, 0.1) is 12.0 Å². The molecular formula is C13H15NO. The van der Waals surface area contributed by atoms with Crippen LogP contribution in [-0.2, 0) is 0 Å². The average Bonchev–Trinajstić information content (AvgIpc) is 2.27. The van der Waals surface area contributed by atoms with E-state index in [9.17, 15) is 4.79 Å². The van der Waals surface area contributed by atoms with E-state index in [4.69, 9.17) is 5.26 Å². The van der Waals surface area contributed by atoms with E-state index in [0.29, 0.717) is 5.56 Å². The van der Waals surface area contributed by atoms with Crippen molar-refractivity contribution in [3.05, 3.63) is 35.4 Å². The molecular weight excluding hydrogens is 186 g/mol. The van der Waals surface area contributed by atoms with Crippen LogP contribution in [0.1, 0.15) is 42.6 Å². The Labute approximate surface area is 90.5 Å². The summed E-state index contributed by atoms with van der Waals surface area (Å²) in [7, 11) is 0. The van der Waals surface area contributed by atoms with Gasteiger partial charge in [0, 0.05) is 11.5 Å². The molecule has 1 atom stereocenters. The number of benzene rings is 1. The third kappa shape index (κ3) is 2.66. The van der Waals surface area contributed by atoms with Crippen molar-refractivity contribution in [3.63, 3.8) is 0 Å². The van der Waals surface area contributed by atoms with Gasteiger partial charge in [-0.25, -0.2) is 0 Å². The molecule has 0 bridgehead atoms. The fourth-order valence-electron chi connectivity index (χ4n) is 1.37. The van der Waals surface area contributed by atoms with E-state index in [-0.39, 0.29) is 17.6 Å². The molecule has 0 saturated heterocycles. The zero-order chi connectivity index (χ0) is 11.4. The van der Waals surface area contributed by atoms with Crippen molar-refractivity contribution in [2.24, 2.45) is 5.92 Å². The van der Waals surface area contributed by atoms with Crippen molar-refractivity contribution in [2.75, 3.05) is 0 Å². The summed E-state index contributed by atoms with van der Waals surface area (Å²) in [5.74, 6) is -0.0375. The molecule has 0 saturated carbocycles. The standard InChI is InChI=1S/C13H15NO/c1-9(2)13(15)12-6-4-5-11(7-12)10(3)8-14/h4-7,9-10H,1-3H3. The molecule has 2 heteroatoms. The minimum absolute atomic E-state index is 0.00218. The molecule has 0 spiro atoms. The molecule has 0 fully saturated rings. The molecule has 1 unspecified atom stereocenters. The van der Waals surface area contributed by atoms with Crippen LogP contribution in [0.15, 0.2) is 24.3 Å². The van der Waals surface area contributed by atoms with E-state index >= 15 is 0 Å². The summed E-state index contributed by atoms with van der Waals surface area (Å²) in [5.41, 5.74) is 1.61. The third-order valence-electron chi connectivity index (χ3n) is 2.39. The van der Waals surface area contributed by atoms with Gasteiger partial charge in [-0.2, -0.15) is 5.26 Å². The Morgan fingerprint density at radius 2 is 2.00 bits per heavy atom. The lowest BCUT2D eigenvalue weighted by Gasteiger charge is -2.07. The molecule has 2 nitrogen and oxygen atoms in total. The second-order valence-corrected chi connectivity index (χ2v) is 4.00. The first kappa shape index (κ1) is 11.5. The third-order valence-corrected chi connectivity index (χ3v) is 2.39. The quantitative estimate of drug-likeness (QED) is 0.705. The molecule has 0 amide bonds. The molecule has 0 aliphatic heterocycles. The van der Waals surface area contributed by atoms with E-state index in [1.807, 2.05) is 39.0 Å². The predicted molar refractivity (Wildman–Crippen MR) is 59.6 cm³/mol.